The maximum atomic E-state index is 12.8. The fourth-order valence-electron chi connectivity index (χ4n) is 3.27. The van der Waals surface area contributed by atoms with Crippen LogP contribution in [-0.4, -0.2) is 52.6 Å². The van der Waals surface area contributed by atoms with Crippen LogP contribution in [0.1, 0.15) is 39.0 Å². The van der Waals surface area contributed by atoms with Crippen molar-refractivity contribution < 1.29 is 22.7 Å². The number of piperazine rings is 1. The van der Waals surface area contributed by atoms with E-state index in [1.807, 2.05) is 33.8 Å². The first kappa shape index (κ1) is 22.0. The molecule has 164 valence electrons. The molecule has 30 heavy (non-hydrogen) atoms. The van der Waals surface area contributed by atoms with Gasteiger partial charge < -0.3 is 14.5 Å². The number of carbonyl (C=O) groups is 1. The minimum atomic E-state index is -4.37. The summed E-state index contributed by atoms with van der Waals surface area (Å²) in [6.45, 7) is 9.72. The average Bonchev–Trinajstić information content (AvgIpc) is 3.10. The monoisotopic (exact) mass is 424 g/mol. The second kappa shape index (κ2) is 8.20. The molecule has 1 aliphatic rings. The molecule has 3 rings (SSSR count). The number of aromatic nitrogens is 2. The number of nitrogens with zero attached hydrogens (tertiary/aromatic N) is 4. The van der Waals surface area contributed by atoms with E-state index in [2.05, 4.69) is 10.00 Å². The summed E-state index contributed by atoms with van der Waals surface area (Å²) in [6.07, 6.45) is -4.01. The zero-order chi connectivity index (χ0) is 22.1. The molecule has 2 heterocycles. The number of hydrogen-bond acceptors (Lipinski definition) is 4. The second-order valence-corrected chi connectivity index (χ2v) is 8.26. The fraction of sp³-hybridized carbons (Fsp3) is 0.524. The van der Waals surface area contributed by atoms with E-state index in [0.29, 0.717) is 38.3 Å². The smallest absolute Gasteiger partial charge is 0.416 e. The lowest BCUT2D eigenvalue weighted by atomic mass is 10.2. The molecular weight excluding hydrogens is 397 g/mol. The molecule has 0 spiro atoms. The van der Waals surface area contributed by atoms with Crippen molar-refractivity contribution in [2.75, 3.05) is 31.1 Å². The van der Waals surface area contributed by atoms with E-state index in [1.165, 1.54) is 12.1 Å². The Balaban J connectivity index is 1.72. The normalized spacial score (nSPS) is 15.4. The highest BCUT2D eigenvalue weighted by Gasteiger charge is 2.30. The Morgan fingerprint density at radius 2 is 1.67 bits per heavy atom. The van der Waals surface area contributed by atoms with Gasteiger partial charge in [0.1, 0.15) is 5.60 Å². The van der Waals surface area contributed by atoms with Crippen LogP contribution in [-0.2, 0) is 17.3 Å². The summed E-state index contributed by atoms with van der Waals surface area (Å²) >= 11 is 0. The zero-order valence-corrected chi connectivity index (χ0v) is 17.7. The topological polar surface area (TPSA) is 50.6 Å². The van der Waals surface area contributed by atoms with Crippen LogP contribution in [0.5, 0.6) is 0 Å². The van der Waals surface area contributed by atoms with E-state index < -0.39 is 17.3 Å². The van der Waals surface area contributed by atoms with Crippen LogP contribution < -0.4 is 4.90 Å². The molecule has 1 fully saturated rings. The van der Waals surface area contributed by atoms with E-state index in [4.69, 9.17) is 4.74 Å². The highest BCUT2D eigenvalue weighted by atomic mass is 19.4. The molecular formula is C21H27F3N4O2. The molecule has 0 saturated carbocycles. The van der Waals surface area contributed by atoms with Gasteiger partial charge in [-0.3, -0.25) is 0 Å². The van der Waals surface area contributed by atoms with Crippen LogP contribution >= 0.6 is 0 Å². The Morgan fingerprint density at radius 1 is 1.07 bits per heavy atom. The standard InChI is InChI=1S/C21H27F3N4O2/c1-5-16-14-18(25-28(16)17-8-6-15(7-9-17)21(22,23)24)26-10-12-27(13-11-26)19(29)30-20(2,3)4/h6-9,14H,5,10-13H2,1-4H3. The van der Waals surface area contributed by atoms with Gasteiger partial charge in [-0.15, -0.1) is 0 Å². The van der Waals surface area contributed by atoms with Crippen molar-refractivity contribution in [3.63, 3.8) is 0 Å². The number of halogens is 3. The summed E-state index contributed by atoms with van der Waals surface area (Å²) in [6, 6.07) is 6.94. The molecule has 1 aromatic carbocycles. The van der Waals surface area contributed by atoms with Gasteiger partial charge in [-0.05, 0) is 51.5 Å². The predicted octanol–water partition coefficient (Wildman–Crippen LogP) is 4.51. The van der Waals surface area contributed by atoms with Crippen molar-refractivity contribution in [3.8, 4) is 5.69 Å². The number of anilines is 1. The summed E-state index contributed by atoms with van der Waals surface area (Å²) in [4.78, 5) is 16.0. The van der Waals surface area contributed by atoms with Crippen molar-refractivity contribution in [2.45, 2.75) is 45.9 Å². The molecule has 1 aromatic heterocycles. The number of alkyl halides is 3. The number of rotatable bonds is 3. The minimum absolute atomic E-state index is 0.327. The molecule has 1 saturated heterocycles. The highest BCUT2D eigenvalue weighted by Crippen LogP contribution is 2.30. The molecule has 2 aromatic rings. The molecule has 0 N–H and O–H groups in total. The van der Waals surface area contributed by atoms with Gasteiger partial charge in [0.05, 0.1) is 11.3 Å². The maximum absolute atomic E-state index is 12.8. The lowest BCUT2D eigenvalue weighted by molar-refractivity contribution is -0.137. The lowest BCUT2D eigenvalue weighted by Gasteiger charge is -2.35. The van der Waals surface area contributed by atoms with Gasteiger partial charge in [0.25, 0.3) is 0 Å². The third-order valence-corrected chi connectivity index (χ3v) is 4.83. The summed E-state index contributed by atoms with van der Waals surface area (Å²) in [5.41, 5.74) is 0.262. The summed E-state index contributed by atoms with van der Waals surface area (Å²) < 4.78 is 45.6. The summed E-state index contributed by atoms with van der Waals surface area (Å²) in [7, 11) is 0. The van der Waals surface area contributed by atoms with Crippen LogP contribution in [0, 0.1) is 0 Å². The van der Waals surface area contributed by atoms with E-state index in [9.17, 15) is 18.0 Å². The Labute approximate surface area is 174 Å². The maximum Gasteiger partial charge on any atom is 0.416 e. The van der Waals surface area contributed by atoms with Crippen LogP contribution in [0.25, 0.3) is 5.69 Å². The van der Waals surface area contributed by atoms with Crippen LogP contribution in [0.2, 0.25) is 0 Å². The average molecular weight is 424 g/mol. The molecule has 0 aliphatic carbocycles. The quantitative estimate of drug-likeness (QED) is 0.728. The van der Waals surface area contributed by atoms with E-state index in [0.717, 1.165) is 23.6 Å². The van der Waals surface area contributed by atoms with Gasteiger partial charge in [-0.2, -0.15) is 18.3 Å². The predicted molar refractivity (Wildman–Crippen MR) is 108 cm³/mol. The first-order chi connectivity index (χ1) is 14.0. The first-order valence-electron chi connectivity index (χ1n) is 9.97. The van der Waals surface area contributed by atoms with Gasteiger partial charge in [-0.1, -0.05) is 6.92 Å². The Kier molecular flexibility index (Phi) is 6.01. The Bertz CT molecular complexity index is 877. The van der Waals surface area contributed by atoms with E-state index in [1.54, 1.807) is 9.58 Å². The Hall–Kier alpha value is -2.71. The van der Waals surface area contributed by atoms with Crippen LogP contribution in [0.4, 0.5) is 23.8 Å². The summed E-state index contributed by atoms with van der Waals surface area (Å²) in [5, 5.41) is 4.62. The number of hydrogen-bond donors (Lipinski definition) is 0. The molecule has 6 nitrogen and oxygen atoms in total. The van der Waals surface area contributed by atoms with Gasteiger partial charge in [-0.25, -0.2) is 9.48 Å². The van der Waals surface area contributed by atoms with Crippen molar-refractivity contribution in [2.24, 2.45) is 0 Å². The highest BCUT2D eigenvalue weighted by molar-refractivity contribution is 5.68. The van der Waals surface area contributed by atoms with E-state index in [-0.39, 0.29) is 6.09 Å². The molecule has 0 radical (unpaired) electrons. The van der Waals surface area contributed by atoms with Crippen molar-refractivity contribution in [1.29, 1.82) is 0 Å². The number of benzene rings is 1. The minimum Gasteiger partial charge on any atom is -0.444 e. The molecule has 1 aliphatic heterocycles. The zero-order valence-electron chi connectivity index (χ0n) is 17.7. The van der Waals surface area contributed by atoms with Crippen molar-refractivity contribution in [3.05, 3.63) is 41.6 Å². The molecule has 9 heteroatoms. The van der Waals surface area contributed by atoms with Crippen molar-refractivity contribution in [1.82, 2.24) is 14.7 Å². The lowest BCUT2D eigenvalue weighted by Crippen LogP contribution is -2.50. The second-order valence-electron chi connectivity index (χ2n) is 8.26. The molecule has 0 atom stereocenters. The van der Waals surface area contributed by atoms with Crippen LogP contribution in [0.15, 0.2) is 30.3 Å². The molecule has 0 bridgehead atoms. The molecule has 0 unspecified atom stereocenters. The van der Waals surface area contributed by atoms with Gasteiger partial charge in [0, 0.05) is 37.9 Å². The molecule has 1 amide bonds. The fourth-order valence-corrected chi connectivity index (χ4v) is 3.27. The third-order valence-electron chi connectivity index (χ3n) is 4.83. The van der Waals surface area contributed by atoms with Gasteiger partial charge in [0.15, 0.2) is 5.82 Å². The van der Waals surface area contributed by atoms with Crippen molar-refractivity contribution >= 4 is 11.9 Å². The van der Waals surface area contributed by atoms with E-state index >= 15 is 0 Å². The largest absolute Gasteiger partial charge is 0.444 e. The number of amides is 1. The number of ether oxygens (including phenoxy) is 1. The Morgan fingerprint density at radius 3 is 2.17 bits per heavy atom. The number of aryl methyl sites for hydroxylation is 1. The third kappa shape index (κ3) is 5.06. The van der Waals surface area contributed by atoms with Crippen LogP contribution in [0.3, 0.4) is 0 Å². The summed E-state index contributed by atoms with van der Waals surface area (Å²) in [5.74, 6) is 0.746. The number of carbonyl (C=O) groups excluding carboxylic acids is 1. The SMILES string of the molecule is CCc1cc(N2CCN(C(=O)OC(C)(C)C)CC2)nn1-c1ccc(C(F)(F)F)cc1. The first-order valence-corrected chi connectivity index (χ1v) is 9.97. The van der Waals surface area contributed by atoms with Gasteiger partial charge in [0.2, 0.25) is 0 Å². The van der Waals surface area contributed by atoms with Gasteiger partial charge >= 0.3 is 12.3 Å².